The van der Waals surface area contributed by atoms with Crippen LogP contribution >= 0.6 is 24.8 Å². The Morgan fingerprint density at radius 3 is 1.88 bits per heavy atom. The van der Waals surface area contributed by atoms with E-state index in [9.17, 15) is 0 Å². The maximum atomic E-state index is 3.20. The van der Waals surface area contributed by atoms with Crippen LogP contribution in [0.3, 0.4) is 0 Å². The third kappa shape index (κ3) is 10.4. The van der Waals surface area contributed by atoms with Gasteiger partial charge >= 0.3 is 54.6 Å². The van der Waals surface area contributed by atoms with Gasteiger partial charge in [0, 0.05) is 0 Å². The molecule has 8 heavy (non-hydrogen) atoms. The molecule has 4 heteroatoms. The van der Waals surface area contributed by atoms with E-state index in [2.05, 4.69) is 17.1 Å². The topological polar surface area (TPSA) is 12.0 Å². The average Bonchev–Trinajstić information content (AvgIpc) is 1.65. The largest absolute Gasteiger partial charge is 0.147 e. The SMILES string of the molecule is CCC(C)[NH][Zr].Cl.Cl. The van der Waals surface area contributed by atoms with E-state index in [0.717, 1.165) is 6.04 Å². The van der Waals surface area contributed by atoms with Crippen LogP contribution in [-0.4, -0.2) is 6.04 Å². The first-order valence-electron chi connectivity index (χ1n) is 2.23. The van der Waals surface area contributed by atoms with E-state index >= 15 is 0 Å². The van der Waals surface area contributed by atoms with Crippen LogP contribution in [0.5, 0.6) is 0 Å². The number of nitrogens with one attached hydrogen (secondary N) is 1. The van der Waals surface area contributed by atoms with Crippen LogP contribution in [0.2, 0.25) is 0 Å². The zero-order valence-corrected chi connectivity index (χ0v) is 9.19. The minimum atomic E-state index is 0. The maximum absolute atomic E-state index is 3.20. The summed E-state index contributed by atoms with van der Waals surface area (Å²) >= 11 is 1.43. The smallest absolute Gasteiger partial charge is 0.147 e. The van der Waals surface area contributed by atoms with E-state index in [-0.39, 0.29) is 24.8 Å². The molecule has 0 heterocycles. The molecule has 0 aliphatic carbocycles. The second-order valence-electron chi connectivity index (χ2n) is 1.45. The predicted molar refractivity (Wildman–Crippen MR) is 37.4 cm³/mol. The Morgan fingerprint density at radius 1 is 1.50 bits per heavy atom. The molecular formula is C4H12Cl2NZr. The van der Waals surface area contributed by atoms with Crippen molar-refractivity contribution in [1.29, 1.82) is 0 Å². The van der Waals surface area contributed by atoms with Crippen molar-refractivity contribution < 1.29 is 25.0 Å². The van der Waals surface area contributed by atoms with Crippen molar-refractivity contribution in [2.75, 3.05) is 0 Å². The Hall–Kier alpha value is 1.42. The van der Waals surface area contributed by atoms with Gasteiger partial charge in [0.05, 0.1) is 0 Å². The van der Waals surface area contributed by atoms with Gasteiger partial charge in [0.15, 0.2) is 0 Å². The van der Waals surface area contributed by atoms with E-state index in [1.165, 1.54) is 31.4 Å². The average molecular weight is 236 g/mol. The summed E-state index contributed by atoms with van der Waals surface area (Å²) in [4.78, 5) is 0. The first kappa shape index (κ1) is 16.2. The molecule has 0 saturated carbocycles. The molecule has 0 aromatic heterocycles. The van der Waals surface area contributed by atoms with E-state index in [1.54, 1.807) is 0 Å². The molecule has 0 aromatic carbocycles. The van der Waals surface area contributed by atoms with Crippen molar-refractivity contribution in [3.05, 3.63) is 0 Å². The van der Waals surface area contributed by atoms with Crippen LogP contribution in [0.4, 0.5) is 0 Å². The van der Waals surface area contributed by atoms with E-state index < -0.39 is 0 Å². The third-order valence-corrected chi connectivity index (χ3v) is 2.07. The number of hydrogen-bond donors (Lipinski definition) is 1. The molecule has 51 valence electrons. The van der Waals surface area contributed by atoms with Gasteiger partial charge in [-0.1, -0.05) is 0 Å². The fraction of sp³-hybridized carbons (Fsp3) is 1.00. The summed E-state index contributed by atoms with van der Waals surface area (Å²) in [5.41, 5.74) is 0. The Morgan fingerprint density at radius 2 is 1.88 bits per heavy atom. The van der Waals surface area contributed by atoms with Gasteiger partial charge in [-0.15, -0.1) is 24.8 Å². The molecule has 1 nitrogen and oxygen atoms in total. The molecule has 0 amide bonds. The zero-order valence-electron chi connectivity index (χ0n) is 5.10. The maximum Gasteiger partial charge on any atom is -0.147 e. The second kappa shape index (κ2) is 11.3. The molecule has 0 fully saturated rings. The summed E-state index contributed by atoms with van der Waals surface area (Å²) in [5, 5.41) is 0. The van der Waals surface area contributed by atoms with Crippen LogP contribution in [0.1, 0.15) is 20.3 Å². The molecule has 0 aliphatic heterocycles. The van der Waals surface area contributed by atoms with Crippen LogP contribution in [0.15, 0.2) is 0 Å². The van der Waals surface area contributed by atoms with Gasteiger partial charge in [-0.2, -0.15) is 0 Å². The van der Waals surface area contributed by atoms with Crippen molar-refractivity contribution in [1.82, 2.24) is 3.26 Å². The zero-order chi connectivity index (χ0) is 4.99. The molecule has 0 aliphatic rings. The first-order valence-corrected chi connectivity index (χ1v) is 3.46. The molecule has 1 unspecified atom stereocenters. The van der Waals surface area contributed by atoms with Crippen molar-refractivity contribution in [3.8, 4) is 0 Å². The van der Waals surface area contributed by atoms with Gasteiger partial charge in [0.1, 0.15) is 0 Å². The third-order valence-electron chi connectivity index (χ3n) is 0.859. The molecule has 1 N–H and O–H groups in total. The van der Waals surface area contributed by atoms with Crippen molar-refractivity contribution in [2.24, 2.45) is 0 Å². The summed E-state index contributed by atoms with van der Waals surface area (Å²) < 4.78 is 3.20. The normalized spacial score (nSPS) is 10.6. The number of halogens is 2. The quantitative estimate of drug-likeness (QED) is 0.769. The molecule has 0 rings (SSSR count). The minimum Gasteiger partial charge on any atom is -0.147 e. The predicted octanol–water partition coefficient (Wildman–Crippen LogP) is 1.68. The number of hydrogen-bond acceptors (Lipinski definition) is 1. The molecule has 0 saturated heterocycles. The van der Waals surface area contributed by atoms with Crippen molar-refractivity contribution >= 4 is 24.8 Å². The molecule has 0 radical (unpaired) electrons. The van der Waals surface area contributed by atoms with Crippen LogP contribution in [-0.2, 0) is 25.0 Å². The molecule has 0 spiro atoms. The van der Waals surface area contributed by atoms with Gasteiger partial charge in [-0.05, 0) is 0 Å². The van der Waals surface area contributed by atoms with E-state index in [1.807, 2.05) is 0 Å². The summed E-state index contributed by atoms with van der Waals surface area (Å²) in [7, 11) is 0. The van der Waals surface area contributed by atoms with Gasteiger partial charge in [-0.3, -0.25) is 0 Å². The van der Waals surface area contributed by atoms with Crippen LogP contribution < -0.4 is 3.26 Å². The van der Waals surface area contributed by atoms with E-state index in [4.69, 9.17) is 0 Å². The van der Waals surface area contributed by atoms with Crippen LogP contribution in [0.25, 0.3) is 0 Å². The number of rotatable bonds is 2. The molecular weight excluding hydrogens is 224 g/mol. The standard InChI is InChI=1S/C4H10N.2ClH.Zr/c1-3-4(2)5;;;/h4-5H,3H2,1-2H3;2*1H;/q-1;;;+1. The monoisotopic (exact) mass is 234 g/mol. The molecule has 0 aromatic rings. The summed E-state index contributed by atoms with van der Waals surface area (Å²) in [5.74, 6) is 0. The van der Waals surface area contributed by atoms with Gasteiger partial charge in [-0.25, -0.2) is 0 Å². The van der Waals surface area contributed by atoms with Gasteiger partial charge in [0.2, 0.25) is 0 Å². The molecule has 0 bridgehead atoms. The fourth-order valence-corrected chi connectivity index (χ4v) is 0.604. The Bertz CT molecular complexity index is 33.2. The minimum absolute atomic E-state index is 0. The van der Waals surface area contributed by atoms with Crippen molar-refractivity contribution in [3.63, 3.8) is 0 Å². The molecule has 1 atom stereocenters. The summed E-state index contributed by atoms with van der Waals surface area (Å²) in [6.07, 6.45) is 1.24. The van der Waals surface area contributed by atoms with Gasteiger partial charge in [0.25, 0.3) is 0 Å². The van der Waals surface area contributed by atoms with Crippen molar-refractivity contribution in [2.45, 2.75) is 26.3 Å². The second-order valence-corrected chi connectivity index (χ2v) is 2.16. The summed E-state index contributed by atoms with van der Waals surface area (Å²) in [6.45, 7) is 4.37. The Kier molecular flexibility index (Phi) is 22.8. The Labute approximate surface area is 79.1 Å². The van der Waals surface area contributed by atoms with Gasteiger partial charge < -0.3 is 0 Å². The Balaban J connectivity index is -0.000000125. The first-order chi connectivity index (χ1) is 2.81. The summed E-state index contributed by atoms with van der Waals surface area (Å²) in [6, 6.07) is 0.725. The van der Waals surface area contributed by atoms with Crippen LogP contribution in [0, 0.1) is 0 Å². The fourth-order valence-electron chi connectivity index (χ4n) is 0.102. The van der Waals surface area contributed by atoms with E-state index in [0.29, 0.717) is 0 Å².